The maximum absolute atomic E-state index is 9.27. The van der Waals surface area contributed by atoms with Gasteiger partial charge in [-0.15, -0.1) is 0 Å². The van der Waals surface area contributed by atoms with Crippen molar-refractivity contribution in [1.29, 1.82) is 5.26 Å². The summed E-state index contributed by atoms with van der Waals surface area (Å²) in [4.78, 5) is 0. The number of methoxy groups -OCH3 is 2. The van der Waals surface area contributed by atoms with Crippen molar-refractivity contribution in [2.45, 2.75) is 6.92 Å². The number of benzene rings is 2. The molecule has 1 aromatic heterocycles. The highest BCUT2D eigenvalue weighted by Crippen LogP contribution is 2.35. The Morgan fingerprint density at radius 3 is 2.54 bits per heavy atom. The van der Waals surface area contributed by atoms with Gasteiger partial charge in [-0.1, -0.05) is 12.1 Å². The average molecular weight is 319 g/mol. The highest BCUT2D eigenvalue weighted by Gasteiger charge is 2.16. The molecule has 0 aliphatic heterocycles. The second-order valence-corrected chi connectivity index (χ2v) is 5.34. The van der Waals surface area contributed by atoms with E-state index in [1.807, 2.05) is 49.4 Å². The molecule has 1 heterocycles. The van der Waals surface area contributed by atoms with Crippen LogP contribution in [0.5, 0.6) is 11.5 Å². The first-order chi connectivity index (χ1) is 11.7. The number of aryl methyl sites for hydroxylation is 1. The molecule has 3 rings (SSSR count). The highest BCUT2D eigenvalue weighted by atomic mass is 16.5. The van der Waals surface area contributed by atoms with Crippen molar-refractivity contribution in [1.82, 2.24) is 9.78 Å². The Hall–Kier alpha value is -3.26. The SMILES string of the molecule is COc1ccc(OC)c(-c2cc(C#N)nn2-c2cccc(C)c2)c1. The fourth-order valence-corrected chi connectivity index (χ4v) is 2.60. The lowest BCUT2D eigenvalue weighted by Gasteiger charge is -2.13. The monoisotopic (exact) mass is 319 g/mol. The lowest BCUT2D eigenvalue weighted by atomic mass is 10.1. The van der Waals surface area contributed by atoms with Crippen LogP contribution in [0.15, 0.2) is 48.5 Å². The zero-order valence-corrected chi connectivity index (χ0v) is 13.8. The number of nitrogens with zero attached hydrogens (tertiary/aromatic N) is 3. The van der Waals surface area contributed by atoms with Gasteiger partial charge in [-0.05, 0) is 42.8 Å². The minimum Gasteiger partial charge on any atom is -0.497 e. The molecule has 5 heteroatoms. The molecule has 0 N–H and O–H groups in total. The molecule has 0 aliphatic rings. The quantitative estimate of drug-likeness (QED) is 0.735. The maximum atomic E-state index is 9.27. The molecule has 0 unspecified atom stereocenters. The van der Waals surface area contributed by atoms with Crippen molar-refractivity contribution < 1.29 is 9.47 Å². The zero-order valence-electron chi connectivity index (χ0n) is 13.8. The van der Waals surface area contributed by atoms with E-state index < -0.39 is 0 Å². The van der Waals surface area contributed by atoms with E-state index in [4.69, 9.17) is 9.47 Å². The number of nitriles is 1. The second kappa shape index (κ2) is 6.47. The maximum Gasteiger partial charge on any atom is 0.163 e. The molecule has 0 aliphatic carbocycles. The predicted octanol–water partition coefficient (Wildman–Crippen LogP) is 3.74. The molecule has 0 fully saturated rings. The summed E-state index contributed by atoms with van der Waals surface area (Å²) in [7, 11) is 3.23. The van der Waals surface area contributed by atoms with Gasteiger partial charge in [-0.2, -0.15) is 10.4 Å². The van der Waals surface area contributed by atoms with Gasteiger partial charge < -0.3 is 9.47 Å². The molecule has 0 saturated carbocycles. The Morgan fingerprint density at radius 2 is 1.88 bits per heavy atom. The summed E-state index contributed by atoms with van der Waals surface area (Å²) in [5.74, 6) is 1.40. The standard InChI is InChI=1S/C19H17N3O2/c1-13-5-4-6-15(9-13)22-18(10-14(12-20)21-22)17-11-16(23-2)7-8-19(17)24-3/h4-11H,1-3H3. The normalized spacial score (nSPS) is 10.2. The first-order valence-electron chi connectivity index (χ1n) is 7.46. The smallest absolute Gasteiger partial charge is 0.163 e. The number of hydrogen-bond acceptors (Lipinski definition) is 4. The Bertz CT molecular complexity index is 923. The topological polar surface area (TPSA) is 60.1 Å². The summed E-state index contributed by atoms with van der Waals surface area (Å²) in [5.41, 5.74) is 3.93. The van der Waals surface area contributed by atoms with Crippen molar-refractivity contribution in [3.8, 4) is 34.5 Å². The third-order valence-corrected chi connectivity index (χ3v) is 3.75. The number of rotatable bonds is 4. The summed E-state index contributed by atoms with van der Waals surface area (Å²) >= 11 is 0. The van der Waals surface area contributed by atoms with Gasteiger partial charge >= 0.3 is 0 Å². The van der Waals surface area contributed by atoms with E-state index in [0.29, 0.717) is 17.2 Å². The van der Waals surface area contributed by atoms with Gasteiger partial charge in [-0.3, -0.25) is 0 Å². The van der Waals surface area contributed by atoms with Crippen molar-refractivity contribution in [2.24, 2.45) is 0 Å². The van der Waals surface area contributed by atoms with E-state index in [9.17, 15) is 5.26 Å². The van der Waals surface area contributed by atoms with Gasteiger partial charge in [0.15, 0.2) is 5.69 Å². The molecule has 0 spiro atoms. The van der Waals surface area contributed by atoms with E-state index >= 15 is 0 Å². The Balaban J connectivity index is 2.26. The summed E-state index contributed by atoms with van der Waals surface area (Å²) in [6, 6.07) is 17.4. The van der Waals surface area contributed by atoms with E-state index in [-0.39, 0.29) is 0 Å². The first kappa shape index (κ1) is 15.6. The molecule has 2 aromatic carbocycles. The van der Waals surface area contributed by atoms with Crippen molar-refractivity contribution in [3.05, 3.63) is 59.8 Å². The van der Waals surface area contributed by atoms with Crippen LogP contribution >= 0.6 is 0 Å². The van der Waals surface area contributed by atoms with Crippen molar-refractivity contribution in [2.75, 3.05) is 14.2 Å². The summed E-state index contributed by atoms with van der Waals surface area (Å²) in [5, 5.41) is 13.7. The molecular weight excluding hydrogens is 302 g/mol. The van der Waals surface area contributed by atoms with Crippen LogP contribution in [0.2, 0.25) is 0 Å². The molecule has 3 aromatic rings. The summed E-state index contributed by atoms with van der Waals surface area (Å²) in [6.07, 6.45) is 0. The molecular formula is C19H17N3O2. The van der Waals surface area contributed by atoms with E-state index in [1.54, 1.807) is 25.0 Å². The Labute approximate surface area is 140 Å². The molecule has 120 valence electrons. The van der Waals surface area contributed by atoms with Crippen LogP contribution in [0, 0.1) is 18.3 Å². The Morgan fingerprint density at radius 1 is 1.04 bits per heavy atom. The van der Waals surface area contributed by atoms with E-state index in [0.717, 1.165) is 22.5 Å². The number of ether oxygens (including phenoxy) is 2. The molecule has 0 amide bonds. The van der Waals surface area contributed by atoms with E-state index in [2.05, 4.69) is 11.2 Å². The van der Waals surface area contributed by atoms with Gasteiger partial charge in [0.25, 0.3) is 0 Å². The average Bonchev–Trinajstić information content (AvgIpc) is 3.05. The lowest BCUT2D eigenvalue weighted by molar-refractivity contribution is 0.404. The molecule has 0 radical (unpaired) electrons. The van der Waals surface area contributed by atoms with Crippen LogP contribution in [0.25, 0.3) is 16.9 Å². The van der Waals surface area contributed by atoms with Crippen LogP contribution in [-0.4, -0.2) is 24.0 Å². The predicted molar refractivity (Wildman–Crippen MR) is 91.6 cm³/mol. The molecule has 24 heavy (non-hydrogen) atoms. The van der Waals surface area contributed by atoms with Crippen LogP contribution in [0.4, 0.5) is 0 Å². The fourth-order valence-electron chi connectivity index (χ4n) is 2.60. The van der Waals surface area contributed by atoms with Crippen molar-refractivity contribution >= 4 is 0 Å². The molecule has 0 bridgehead atoms. The minimum atomic E-state index is 0.344. The number of hydrogen-bond donors (Lipinski definition) is 0. The van der Waals surface area contributed by atoms with Crippen LogP contribution in [-0.2, 0) is 0 Å². The zero-order chi connectivity index (χ0) is 17.1. The van der Waals surface area contributed by atoms with Gasteiger partial charge in [0.2, 0.25) is 0 Å². The highest BCUT2D eigenvalue weighted by molar-refractivity contribution is 5.72. The first-order valence-corrected chi connectivity index (χ1v) is 7.46. The Kier molecular flexibility index (Phi) is 4.21. The van der Waals surface area contributed by atoms with E-state index in [1.165, 1.54) is 0 Å². The van der Waals surface area contributed by atoms with Crippen molar-refractivity contribution in [3.63, 3.8) is 0 Å². The molecule has 0 saturated heterocycles. The van der Waals surface area contributed by atoms with Gasteiger partial charge in [-0.25, -0.2) is 4.68 Å². The van der Waals surface area contributed by atoms with Gasteiger partial charge in [0.05, 0.1) is 25.6 Å². The minimum absolute atomic E-state index is 0.344. The van der Waals surface area contributed by atoms with Gasteiger partial charge in [0, 0.05) is 11.6 Å². The van der Waals surface area contributed by atoms with Crippen LogP contribution in [0.3, 0.4) is 0 Å². The lowest BCUT2D eigenvalue weighted by Crippen LogP contribution is -2.01. The van der Waals surface area contributed by atoms with Crippen LogP contribution < -0.4 is 9.47 Å². The fraction of sp³-hybridized carbons (Fsp3) is 0.158. The summed E-state index contributed by atoms with van der Waals surface area (Å²) in [6.45, 7) is 2.02. The number of aromatic nitrogens is 2. The molecule has 0 atom stereocenters. The van der Waals surface area contributed by atoms with Gasteiger partial charge in [0.1, 0.15) is 17.6 Å². The largest absolute Gasteiger partial charge is 0.497 e. The third kappa shape index (κ3) is 2.82. The summed E-state index contributed by atoms with van der Waals surface area (Å²) < 4.78 is 12.6. The second-order valence-electron chi connectivity index (χ2n) is 5.34. The molecule has 5 nitrogen and oxygen atoms in total. The van der Waals surface area contributed by atoms with Crippen LogP contribution in [0.1, 0.15) is 11.3 Å². The third-order valence-electron chi connectivity index (χ3n) is 3.75.